The Balaban J connectivity index is 2.16. The number of benzene rings is 1. The van der Waals surface area contributed by atoms with E-state index in [1.807, 2.05) is 0 Å². The zero-order chi connectivity index (χ0) is 15.2. The van der Waals surface area contributed by atoms with Crippen LogP contribution in [0.3, 0.4) is 0 Å². The van der Waals surface area contributed by atoms with Crippen LogP contribution in [0.15, 0.2) is 18.2 Å². The predicted molar refractivity (Wildman–Crippen MR) is 77.8 cm³/mol. The highest BCUT2D eigenvalue weighted by Gasteiger charge is 2.28. The largest absolute Gasteiger partial charge is 0.465 e. The van der Waals surface area contributed by atoms with Gasteiger partial charge in [-0.3, -0.25) is 5.32 Å². The molecule has 0 aliphatic carbocycles. The van der Waals surface area contributed by atoms with E-state index < -0.39 is 17.8 Å². The van der Waals surface area contributed by atoms with E-state index in [2.05, 4.69) is 5.32 Å². The zero-order valence-electron chi connectivity index (χ0n) is 11.9. The number of hydrogen-bond donors (Lipinski definition) is 1. The maximum Gasteiger partial charge on any atom is 0.327 e. The molecule has 0 amide bonds. The Morgan fingerprint density at radius 3 is 3.05 bits per heavy atom. The molecule has 1 N–H and O–H groups in total. The topological polar surface area (TPSA) is 47.6 Å². The first-order chi connectivity index (χ1) is 10.1. The molecule has 2 rings (SSSR count). The summed E-state index contributed by atoms with van der Waals surface area (Å²) < 4.78 is 24.6. The van der Waals surface area contributed by atoms with E-state index >= 15 is 0 Å². The van der Waals surface area contributed by atoms with Gasteiger partial charge in [0.25, 0.3) is 0 Å². The Labute approximate surface area is 128 Å². The number of nitrogens with one attached hydrogen (secondary N) is 1. The number of carbonyl (C=O) groups excluding carboxylic acids is 1. The molecule has 1 aromatic rings. The third-order valence-corrected chi connectivity index (χ3v) is 3.71. The highest BCUT2D eigenvalue weighted by atomic mass is 35.5. The molecule has 0 spiro atoms. The van der Waals surface area contributed by atoms with Crippen molar-refractivity contribution in [1.29, 1.82) is 0 Å². The summed E-state index contributed by atoms with van der Waals surface area (Å²) in [6.45, 7) is 3.10. The summed E-state index contributed by atoms with van der Waals surface area (Å²) in [6, 6.07) is 3.41. The van der Waals surface area contributed by atoms with E-state index in [1.165, 1.54) is 12.1 Å². The fourth-order valence-electron chi connectivity index (χ4n) is 2.37. The molecular formula is C15H19ClFNO3. The molecule has 0 aromatic heterocycles. The van der Waals surface area contributed by atoms with E-state index in [-0.39, 0.29) is 23.3 Å². The van der Waals surface area contributed by atoms with Crippen molar-refractivity contribution in [1.82, 2.24) is 5.32 Å². The molecule has 0 radical (unpaired) electrons. The van der Waals surface area contributed by atoms with Crippen molar-refractivity contribution < 1.29 is 18.7 Å². The summed E-state index contributed by atoms with van der Waals surface area (Å²) in [6.07, 6.45) is 1.96. The lowest BCUT2D eigenvalue weighted by Gasteiger charge is -2.21. The van der Waals surface area contributed by atoms with Crippen LogP contribution in [-0.2, 0) is 14.3 Å². The lowest BCUT2D eigenvalue weighted by molar-refractivity contribution is -0.146. The fraction of sp³-hybridized carbons (Fsp3) is 0.533. The first-order valence-electron chi connectivity index (χ1n) is 7.09. The van der Waals surface area contributed by atoms with Crippen molar-refractivity contribution in [2.45, 2.75) is 31.9 Å². The van der Waals surface area contributed by atoms with E-state index in [0.717, 1.165) is 19.4 Å². The average molecular weight is 316 g/mol. The smallest absolute Gasteiger partial charge is 0.327 e. The quantitative estimate of drug-likeness (QED) is 0.820. The van der Waals surface area contributed by atoms with Crippen LogP contribution in [0.5, 0.6) is 0 Å². The van der Waals surface area contributed by atoms with Crippen LogP contribution in [-0.4, -0.2) is 31.8 Å². The van der Waals surface area contributed by atoms with Crippen molar-refractivity contribution >= 4 is 17.6 Å². The summed E-state index contributed by atoms with van der Waals surface area (Å²) in [7, 11) is 0. The molecule has 1 aliphatic rings. The fourth-order valence-corrected chi connectivity index (χ4v) is 2.64. The van der Waals surface area contributed by atoms with Gasteiger partial charge in [0.05, 0.1) is 12.7 Å². The normalized spacial score (nSPS) is 19.5. The number of rotatable bonds is 6. The van der Waals surface area contributed by atoms with Gasteiger partial charge in [-0.05, 0) is 31.9 Å². The van der Waals surface area contributed by atoms with Crippen molar-refractivity contribution in [3.63, 3.8) is 0 Å². The van der Waals surface area contributed by atoms with Crippen molar-refractivity contribution in [3.8, 4) is 0 Å². The van der Waals surface area contributed by atoms with E-state index in [9.17, 15) is 9.18 Å². The number of ether oxygens (including phenoxy) is 2. The summed E-state index contributed by atoms with van der Waals surface area (Å²) in [5, 5.41) is 3.22. The Morgan fingerprint density at radius 1 is 1.62 bits per heavy atom. The van der Waals surface area contributed by atoms with Crippen molar-refractivity contribution in [2.75, 3.05) is 19.8 Å². The molecule has 1 heterocycles. The Morgan fingerprint density at radius 2 is 2.43 bits per heavy atom. The highest BCUT2D eigenvalue weighted by molar-refractivity contribution is 6.31. The second-order valence-corrected chi connectivity index (χ2v) is 5.27. The second kappa shape index (κ2) is 7.73. The molecule has 1 fully saturated rings. The molecule has 6 heteroatoms. The summed E-state index contributed by atoms with van der Waals surface area (Å²) in [4.78, 5) is 12.1. The molecule has 4 nitrogen and oxygen atoms in total. The Kier molecular flexibility index (Phi) is 5.96. The van der Waals surface area contributed by atoms with Gasteiger partial charge in [-0.2, -0.15) is 0 Å². The average Bonchev–Trinajstić information content (AvgIpc) is 2.95. The van der Waals surface area contributed by atoms with E-state index in [1.54, 1.807) is 13.0 Å². The minimum absolute atomic E-state index is 0.0347. The minimum Gasteiger partial charge on any atom is -0.465 e. The minimum atomic E-state index is -0.928. The highest BCUT2D eigenvalue weighted by Crippen LogP contribution is 2.27. The van der Waals surface area contributed by atoms with Crippen LogP contribution in [0.4, 0.5) is 4.39 Å². The van der Waals surface area contributed by atoms with Crippen molar-refractivity contribution in [2.24, 2.45) is 0 Å². The number of carbonyl (C=O) groups is 1. The number of hydrogen-bond acceptors (Lipinski definition) is 4. The van der Waals surface area contributed by atoms with Crippen LogP contribution in [0.1, 0.15) is 31.4 Å². The standard InChI is InChI=1S/C15H19ClFNO3/c1-2-20-15(19)14(18-9-10-5-4-8-21-10)13-11(16)6-3-7-12(13)17/h3,6-7,10,14,18H,2,4-5,8-9H2,1H3. The molecule has 2 atom stereocenters. The van der Waals surface area contributed by atoms with Gasteiger partial charge in [0.2, 0.25) is 0 Å². The second-order valence-electron chi connectivity index (χ2n) is 4.86. The maximum atomic E-state index is 14.0. The van der Waals surface area contributed by atoms with Crippen LogP contribution < -0.4 is 5.32 Å². The predicted octanol–water partition coefficient (Wildman–Crippen LogP) is 2.85. The lowest BCUT2D eigenvalue weighted by atomic mass is 10.1. The van der Waals surface area contributed by atoms with E-state index in [0.29, 0.717) is 6.54 Å². The van der Waals surface area contributed by atoms with Crippen LogP contribution in [0, 0.1) is 5.82 Å². The summed E-state index contributed by atoms with van der Waals surface area (Å²) in [5.74, 6) is -1.07. The van der Waals surface area contributed by atoms with Gasteiger partial charge in [-0.1, -0.05) is 17.7 Å². The third kappa shape index (κ3) is 4.15. The molecule has 2 unspecified atom stereocenters. The van der Waals surface area contributed by atoms with Gasteiger partial charge in [-0.15, -0.1) is 0 Å². The lowest BCUT2D eigenvalue weighted by Crippen LogP contribution is -2.36. The zero-order valence-corrected chi connectivity index (χ0v) is 12.7. The van der Waals surface area contributed by atoms with Crippen LogP contribution in [0.2, 0.25) is 5.02 Å². The maximum absolute atomic E-state index is 14.0. The third-order valence-electron chi connectivity index (χ3n) is 3.38. The van der Waals surface area contributed by atoms with Gasteiger partial charge >= 0.3 is 5.97 Å². The van der Waals surface area contributed by atoms with Gasteiger partial charge < -0.3 is 9.47 Å². The van der Waals surface area contributed by atoms with Crippen LogP contribution >= 0.6 is 11.6 Å². The first kappa shape index (κ1) is 16.2. The van der Waals surface area contributed by atoms with Gasteiger partial charge in [0.1, 0.15) is 11.9 Å². The molecule has 1 saturated heterocycles. The summed E-state index contributed by atoms with van der Waals surface area (Å²) in [5.41, 5.74) is 0.121. The molecule has 1 aliphatic heterocycles. The summed E-state index contributed by atoms with van der Waals surface area (Å²) >= 11 is 6.04. The van der Waals surface area contributed by atoms with Gasteiger partial charge in [-0.25, -0.2) is 9.18 Å². The monoisotopic (exact) mass is 315 g/mol. The molecule has 21 heavy (non-hydrogen) atoms. The molecule has 0 saturated carbocycles. The Bertz CT molecular complexity index is 472. The molecular weight excluding hydrogens is 297 g/mol. The van der Waals surface area contributed by atoms with Gasteiger partial charge in [0.15, 0.2) is 0 Å². The van der Waals surface area contributed by atoms with E-state index in [4.69, 9.17) is 21.1 Å². The number of esters is 1. The van der Waals surface area contributed by atoms with Gasteiger partial charge in [0, 0.05) is 23.7 Å². The molecule has 0 bridgehead atoms. The Hall–Kier alpha value is -1.17. The molecule has 1 aromatic carbocycles. The molecule has 116 valence electrons. The first-order valence-corrected chi connectivity index (χ1v) is 7.46. The SMILES string of the molecule is CCOC(=O)C(NCC1CCCO1)c1c(F)cccc1Cl. The number of halogens is 2. The van der Waals surface area contributed by atoms with Crippen molar-refractivity contribution in [3.05, 3.63) is 34.6 Å². The van der Waals surface area contributed by atoms with Crippen LogP contribution in [0.25, 0.3) is 0 Å².